The first-order valence-corrected chi connectivity index (χ1v) is 5.61. The average Bonchev–Trinajstić information content (AvgIpc) is 2.21. The second-order valence-electron chi connectivity index (χ2n) is 3.22. The number of anilines is 1. The van der Waals surface area contributed by atoms with Crippen molar-refractivity contribution in [1.82, 2.24) is 4.98 Å². The molecule has 1 heterocycles. The lowest BCUT2D eigenvalue weighted by Gasteiger charge is -2.11. The monoisotopic (exact) mass is 271 g/mol. The molecule has 0 fully saturated rings. The number of halogens is 1. The number of nitrogens with one attached hydrogen (secondary N) is 1. The number of pyridine rings is 1. The van der Waals surface area contributed by atoms with Gasteiger partial charge in [-0.1, -0.05) is 13.3 Å². The molecule has 1 rings (SSSR count). The van der Waals surface area contributed by atoms with Crippen molar-refractivity contribution in [2.75, 3.05) is 5.32 Å². The van der Waals surface area contributed by atoms with E-state index >= 15 is 0 Å². The zero-order chi connectivity index (χ0) is 11.3. The van der Waals surface area contributed by atoms with Gasteiger partial charge in [-0.15, -0.1) is 0 Å². The molecule has 1 amide bonds. The molecule has 0 saturated carbocycles. The minimum absolute atomic E-state index is 0.198. The molecule has 0 unspecified atom stereocenters. The lowest BCUT2D eigenvalue weighted by molar-refractivity contribution is -0.117. The van der Waals surface area contributed by atoms with Gasteiger partial charge in [0.05, 0.1) is 10.5 Å². The van der Waals surface area contributed by atoms with Crippen molar-refractivity contribution in [2.24, 2.45) is 5.73 Å². The van der Waals surface area contributed by atoms with Gasteiger partial charge >= 0.3 is 0 Å². The fourth-order valence-electron chi connectivity index (χ4n) is 1.13. The van der Waals surface area contributed by atoms with E-state index in [4.69, 9.17) is 5.73 Å². The molecule has 0 bridgehead atoms. The van der Waals surface area contributed by atoms with E-state index in [1.807, 2.05) is 13.0 Å². The molecule has 4 nitrogen and oxygen atoms in total. The summed E-state index contributed by atoms with van der Waals surface area (Å²) in [7, 11) is 0. The van der Waals surface area contributed by atoms with E-state index in [0.717, 1.165) is 10.9 Å². The SMILES string of the molecule is CCC[C@@H](N)C(=O)Nc1ncccc1Br. The summed E-state index contributed by atoms with van der Waals surface area (Å²) >= 11 is 3.29. The molecule has 82 valence electrons. The van der Waals surface area contributed by atoms with E-state index in [-0.39, 0.29) is 5.91 Å². The molecule has 0 aliphatic rings. The summed E-state index contributed by atoms with van der Waals surface area (Å²) in [6, 6.07) is 3.13. The number of nitrogens with two attached hydrogens (primary N) is 1. The largest absolute Gasteiger partial charge is 0.320 e. The van der Waals surface area contributed by atoms with Crippen LogP contribution < -0.4 is 11.1 Å². The van der Waals surface area contributed by atoms with Gasteiger partial charge in [-0.2, -0.15) is 0 Å². The topological polar surface area (TPSA) is 68.0 Å². The lowest BCUT2D eigenvalue weighted by Crippen LogP contribution is -2.35. The summed E-state index contributed by atoms with van der Waals surface area (Å²) in [5, 5.41) is 2.67. The summed E-state index contributed by atoms with van der Waals surface area (Å²) < 4.78 is 0.752. The van der Waals surface area contributed by atoms with Crippen LogP contribution in [0.5, 0.6) is 0 Å². The molecule has 5 heteroatoms. The van der Waals surface area contributed by atoms with Crippen LogP contribution in [-0.2, 0) is 4.79 Å². The Hall–Kier alpha value is -0.940. The van der Waals surface area contributed by atoms with Gasteiger partial charge < -0.3 is 11.1 Å². The van der Waals surface area contributed by atoms with Crippen LogP contribution in [0, 0.1) is 0 Å². The Morgan fingerprint density at radius 3 is 3.07 bits per heavy atom. The van der Waals surface area contributed by atoms with Crippen LogP contribution in [0.2, 0.25) is 0 Å². The van der Waals surface area contributed by atoms with Gasteiger partial charge in [0, 0.05) is 6.20 Å². The van der Waals surface area contributed by atoms with Crippen LogP contribution in [0.4, 0.5) is 5.82 Å². The van der Waals surface area contributed by atoms with E-state index in [0.29, 0.717) is 12.2 Å². The highest BCUT2D eigenvalue weighted by molar-refractivity contribution is 9.10. The lowest BCUT2D eigenvalue weighted by atomic mass is 10.2. The summed E-state index contributed by atoms with van der Waals surface area (Å²) in [6.07, 6.45) is 3.18. The van der Waals surface area contributed by atoms with E-state index in [1.165, 1.54) is 0 Å². The summed E-state index contributed by atoms with van der Waals surface area (Å²) in [5.41, 5.74) is 5.67. The van der Waals surface area contributed by atoms with Crippen molar-refractivity contribution in [2.45, 2.75) is 25.8 Å². The fourth-order valence-corrected chi connectivity index (χ4v) is 1.48. The van der Waals surface area contributed by atoms with Crippen LogP contribution in [0.15, 0.2) is 22.8 Å². The first-order valence-electron chi connectivity index (χ1n) is 4.82. The van der Waals surface area contributed by atoms with Crippen LogP contribution >= 0.6 is 15.9 Å². The van der Waals surface area contributed by atoms with Crippen molar-refractivity contribution in [3.8, 4) is 0 Å². The molecule has 3 N–H and O–H groups in total. The number of amides is 1. The first kappa shape index (κ1) is 12.1. The van der Waals surface area contributed by atoms with E-state index in [9.17, 15) is 4.79 Å². The van der Waals surface area contributed by atoms with Gasteiger partial charge in [0.1, 0.15) is 5.82 Å². The maximum Gasteiger partial charge on any atom is 0.242 e. The minimum atomic E-state index is -0.469. The first-order chi connectivity index (χ1) is 7.15. The Morgan fingerprint density at radius 2 is 2.47 bits per heavy atom. The van der Waals surface area contributed by atoms with Crippen molar-refractivity contribution in [3.63, 3.8) is 0 Å². The molecule has 1 atom stereocenters. The van der Waals surface area contributed by atoms with Crippen LogP contribution in [0.3, 0.4) is 0 Å². The van der Waals surface area contributed by atoms with Gasteiger partial charge in [-0.3, -0.25) is 4.79 Å². The molecule has 0 aliphatic carbocycles. The Morgan fingerprint density at radius 1 is 1.73 bits per heavy atom. The molecule has 0 radical (unpaired) electrons. The van der Waals surface area contributed by atoms with Crippen LogP contribution in [0.1, 0.15) is 19.8 Å². The number of carbonyl (C=O) groups is 1. The summed E-state index contributed by atoms with van der Waals surface area (Å²) in [5.74, 6) is 0.310. The van der Waals surface area contributed by atoms with Gasteiger partial charge in [-0.05, 0) is 34.5 Å². The predicted octanol–water partition coefficient (Wildman–Crippen LogP) is 1.91. The number of aromatic nitrogens is 1. The zero-order valence-electron chi connectivity index (χ0n) is 8.53. The molecule has 15 heavy (non-hydrogen) atoms. The van der Waals surface area contributed by atoms with Crippen molar-refractivity contribution in [1.29, 1.82) is 0 Å². The highest BCUT2D eigenvalue weighted by atomic mass is 79.9. The second-order valence-corrected chi connectivity index (χ2v) is 4.07. The molecular weight excluding hydrogens is 258 g/mol. The molecule has 0 spiro atoms. The molecular formula is C10H14BrN3O. The maximum absolute atomic E-state index is 11.6. The third-order valence-corrected chi connectivity index (χ3v) is 2.58. The maximum atomic E-state index is 11.6. The molecule has 1 aromatic rings. The normalized spacial score (nSPS) is 12.2. The Kier molecular flexibility index (Phi) is 4.71. The second kappa shape index (κ2) is 5.82. The Labute approximate surface area is 97.4 Å². The molecule has 0 aliphatic heterocycles. The van der Waals surface area contributed by atoms with Crippen LogP contribution in [0.25, 0.3) is 0 Å². The Balaban J connectivity index is 2.62. The van der Waals surface area contributed by atoms with Crippen molar-refractivity contribution < 1.29 is 4.79 Å². The van der Waals surface area contributed by atoms with Crippen LogP contribution in [-0.4, -0.2) is 16.9 Å². The third kappa shape index (κ3) is 3.60. The molecule has 1 aromatic heterocycles. The number of hydrogen-bond acceptors (Lipinski definition) is 3. The van der Waals surface area contributed by atoms with Crippen molar-refractivity contribution >= 4 is 27.7 Å². The van der Waals surface area contributed by atoms with Gasteiger partial charge in [-0.25, -0.2) is 4.98 Å². The van der Waals surface area contributed by atoms with E-state index in [1.54, 1.807) is 12.3 Å². The number of carbonyl (C=O) groups excluding carboxylic acids is 1. The van der Waals surface area contributed by atoms with Crippen molar-refractivity contribution in [3.05, 3.63) is 22.8 Å². The smallest absolute Gasteiger partial charge is 0.242 e. The molecule has 0 saturated heterocycles. The third-order valence-electron chi connectivity index (χ3n) is 1.94. The fraction of sp³-hybridized carbons (Fsp3) is 0.400. The standard InChI is InChI=1S/C10H14BrN3O/c1-2-4-8(12)10(15)14-9-7(11)5-3-6-13-9/h3,5-6,8H,2,4,12H2,1H3,(H,13,14,15)/t8-/m1/s1. The van der Waals surface area contributed by atoms with E-state index < -0.39 is 6.04 Å². The Bertz CT molecular complexity index is 343. The average molecular weight is 272 g/mol. The van der Waals surface area contributed by atoms with Gasteiger partial charge in [0.25, 0.3) is 0 Å². The number of nitrogens with zero attached hydrogens (tertiary/aromatic N) is 1. The summed E-state index contributed by atoms with van der Waals surface area (Å²) in [6.45, 7) is 1.99. The predicted molar refractivity (Wildman–Crippen MR) is 63.5 cm³/mol. The highest BCUT2D eigenvalue weighted by Gasteiger charge is 2.13. The number of rotatable bonds is 4. The van der Waals surface area contributed by atoms with Gasteiger partial charge in [0.15, 0.2) is 0 Å². The van der Waals surface area contributed by atoms with Gasteiger partial charge in [0.2, 0.25) is 5.91 Å². The quantitative estimate of drug-likeness (QED) is 0.879. The number of hydrogen-bond donors (Lipinski definition) is 2. The highest BCUT2D eigenvalue weighted by Crippen LogP contribution is 2.18. The molecule has 0 aromatic carbocycles. The minimum Gasteiger partial charge on any atom is -0.320 e. The zero-order valence-corrected chi connectivity index (χ0v) is 10.1. The summed E-state index contributed by atoms with van der Waals surface area (Å²) in [4.78, 5) is 15.6. The van der Waals surface area contributed by atoms with E-state index in [2.05, 4.69) is 26.2 Å².